The number of benzene rings is 1. The van der Waals surface area contributed by atoms with Gasteiger partial charge >= 0.3 is 29.6 Å². The summed E-state index contributed by atoms with van der Waals surface area (Å²) in [5, 5.41) is 9.88. The summed E-state index contributed by atoms with van der Waals surface area (Å²) in [7, 11) is 0. The minimum Gasteiger partial charge on any atom is -0.550 e. The number of hydrogen-bond donors (Lipinski definition) is 0. The summed E-state index contributed by atoms with van der Waals surface area (Å²) < 4.78 is 4.27. The average molecular weight is 220 g/mol. The van der Waals surface area contributed by atoms with Gasteiger partial charge in [-0.25, -0.2) is 0 Å². The van der Waals surface area contributed by atoms with Crippen LogP contribution < -0.4 is 34.7 Å². The Morgan fingerprint density at radius 3 is 2.40 bits per heavy atom. The Hall–Kier alpha value is -0.550. The minimum absolute atomic E-state index is 0. The number of rotatable bonds is 4. The number of carboxylic acid groups (broad SMARTS) is 1. The summed E-state index contributed by atoms with van der Waals surface area (Å²) in [6.45, 7) is 0.206. The van der Waals surface area contributed by atoms with E-state index in [1.807, 2.05) is 30.3 Å². The summed E-state index contributed by atoms with van der Waals surface area (Å²) in [6.07, 6.45) is 0.0691. The van der Waals surface area contributed by atoms with E-state index in [0.29, 0.717) is 6.42 Å². The Bertz CT molecular complexity index is 263. The van der Waals surface area contributed by atoms with Crippen molar-refractivity contribution in [2.75, 3.05) is 6.61 Å². The molecule has 0 fully saturated rings. The van der Waals surface area contributed by atoms with E-state index in [1.54, 1.807) is 0 Å². The van der Waals surface area contributed by atoms with Crippen LogP contribution in [0.3, 0.4) is 0 Å². The normalized spacial score (nSPS) is 8.27. The molecule has 0 aliphatic heterocycles. The Balaban J connectivity index is 0. The van der Waals surface area contributed by atoms with Gasteiger partial charge in [0, 0.05) is 6.61 Å². The molecule has 1 rings (SSSR count). The second-order valence-electron chi connectivity index (χ2n) is 2.69. The number of carbonyl (C=O) groups is 1. The predicted molar refractivity (Wildman–Crippen MR) is 49.7 cm³/mol. The van der Waals surface area contributed by atoms with Crippen molar-refractivity contribution in [1.82, 2.24) is 0 Å². The summed E-state index contributed by atoms with van der Waals surface area (Å²) in [5.74, 6) is 0. The van der Waals surface area contributed by atoms with Crippen LogP contribution >= 0.6 is 0 Å². The van der Waals surface area contributed by atoms with Crippen LogP contribution in [0.5, 0.6) is 0 Å². The van der Waals surface area contributed by atoms with Gasteiger partial charge < -0.3 is 20.1 Å². The average Bonchev–Trinajstić information content (AvgIpc) is 2.14. The zero-order chi connectivity index (χ0) is 9.52. The molecule has 4 nitrogen and oxygen atoms in total. The van der Waals surface area contributed by atoms with Gasteiger partial charge in [-0.15, -0.1) is 0 Å². The fraction of sp³-hybridized carbons (Fsp3) is 0.300. The first-order valence-corrected chi connectivity index (χ1v) is 4.17. The van der Waals surface area contributed by atoms with E-state index < -0.39 is 6.16 Å². The first-order valence-electron chi connectivity index (χ1n) is 4.17. The topological polar surface area (TPSA) is 80.9 Å². The van der Waals surface area contributed by atoms with Crippen molar-refractivity contribution in [2.45, 2.75) is 12.8 Å². The molecule has 0 unspecified atom stereocenters. The van der Waals surface area contributed by atoms with Gasteiger partial charge in [0.25, 0.3) is 6.16 Å². The maximum Gasteiger partial charge on any atom is 1.00 e. The van der Waals surface area contributed by atoms with Crippen LogP contribution in [0.15, 0.2) is 30.3 Å². The molecular weight excluding hydrogens is 207 g/mol. The smallest absolute Gasteiger partial charge is 0.550 e. The first-order chi connectivity index (χ1) is 6.29. The van der Waals surface area contributed by atoms with Crippen molar-refractivity contribution in [3.63, 3.8) is 0 Å². The van der Waals surface area contributed by atoms with Gasteiger partial charge in [-0.05, 0) is 18.4 Å². The number of carbonyl (C=O) groups excluding carboxylic acids is 1. The third-order valence-electron chi connectivity index (χ3n) is 1.67. The van der Waals surface area contributed by atoms with E-state index in [9.17, 15) is 9.90 Å². The summed E-state index contributed by atoms with van der Waals surface area (Å²) in [5.41, 5.74) is 1.18. The van der Waals surface area contributed by atoms with Crippen LogP contribution in [-0.4, -0.2) is 18.2 Å². The van der Waals surface area contributed by atoms with Crippen LogP contribution in [0.25, 0.3) is 0 Å². The molecule has 15 heavy (non-hydrogen) atoms. The zero-order valence-electron chi connectivity index (χ0n) is 8.73. The Morgan fingerprint density at radius 2 is 1.87 bits per heavy atom. The molecule has 0 saturated carbocycles. The van der Waals surface area contributed by atoms with E-state index in [4.69, 9.17) is 0 Å². The summed E-state index contributed by atoms with van der Waals surface area (Å²) >= 11 is 0. The molecule has 5 heteroatoms. The maximum atomic E-state index is 9.88. The van der Waals surface area contributed by atoms with Crippen LogP contribution in [-0.2, 0) is 11.2 Å². The van der Waals surface area contributed by atoms with Gasteiger partial charge in [-0.3, -0.25) is 0 Å². The monoisotopic (exact) mass is 220 g/mol. The first kappa shape index (κ1) is 16.9. The molecule has 2 N–H and O–H groups in total. The molecule has 0 saturated heterocycles. The molecule has 0 amide bonds. The molecule has 0 spiro atoms. The minimum atomic E-state index is -1.45. The van der Waals surface area contributed by atoms with E-state index in [-0.39, 0.29) is 41.6 Å². The SMILES string of the molecule is O.O=C([O-])OCCCc1ccccc1.[Na+]. The molecular formula is C10H13NaO4. The van der Waals surface area contributed by atoms with Gasteiger partial charge in [-0.2, -0.15) is 0 Å². The largest absolute Gasteiger partial charge is 1.00 e. The Kier molecular flexibility index (Phi) is 11.2. The van der Waals surface area contributed by atoms with Crippen LogP contribution in [0, 0.1) is 0 Å². The molecule has 0 bridgehead atoms. The van der Waals surface area contributed by atoms with Gasteiger partial charge in [0.1, 0.15) is 0 Å². The van der Waals surface area contributed by atoms with Crippen molar-refractivity contribution in [3.8, 4) is 0 Å². The molecule has 1 aromatic rings. The number of hydrogen-bond acceptors (Lipinski definition) is 3. The van der Waals surface area contributed by atoms with E-state index in [1.165, 1.54) is 5.56 Å². The molecule has 0 aliphatic rings. The predicted octanol–water partition coefficient (Wildman–Crippen LogP) is -2.84. The van der Waals surface area contributed by atoms with Crippen molar-refractivity contribution in [3.05, 3.63) is 35.9 Å². The number of ether oxygens (including phenoxy) is 1. The zero-order valence-corrected chi connectivity index (χ0v) is 10.7. The van der Waals surface area contributed by atoms with E-state index in [0.717, 1.165) is 6.42 Å². The second-order valence-corrected chi connectivity index (χ2v) is 2.69. The van der Waals surface area contributed by atoms with E-state index in [2.05, 4.69) is 4.74 Å². The molecule has 1 aromatic carbocycles. The molecule has 0 heterocycles. The molecule has 0 aliphatic carbocycles. The Labute approximate surface area is 111 Å². The van der Waals surface area contributed by atoms with Crippen molar-refractivity contribution < 1.29 is 49.7 Å². The molecule has 78 valence electrons. The third kappa shape index (κ3) is 8.44. The third-order valence-corrected chi connectivity index (χ3v) is 1.67. The summed E-state index contributed by atoms with van der Waals surface area (Å²) in [4.78, 5) is 9.88. The quantitative estimate of drug-likeness (QED) is 0.311. The second kappa shape index (κ2) is 9.98. The van der Waals surface area contributed by atoms with Gasteiger partial charge in [-0.1, -0.05) is 30.3 Å². The van der Waals surface area contributed by atoms with Gasteiger partial charge in [0.05, 0.1) is 0 Å². The standard InChI is InChI=1S/C10H12O3.Na.H2O/c11-10(12)13-8-4-7-9-5-2-1-3-6-9;;/h1-3,5-6H,4,7-8H2,(H,11,12);;1H2/q;+1;/p-1. The summed E-state index contributed by atoms with van der Waals surface area (Å²) in [6, 6.07) is 9.85. The van der Waals surface area contributed by atoms with Crippen LogP contribution in [0.1, 0.15) is 12.0 Å². The molecule has 0 aromatic heterocycles. The van der Waals surface area contributed by atoms with Gasteiger partial charge in [0.15, 0.2) is 0 Å². The fourth-order valence-corrected chi connectivity index (χ4v) is 1.08. The Morgan fingerprint density at radius 1 is 1.27 bits per heavy atom. The fourth-order valence-electron chi connectivity index (χ4n) is 1.08. The molecule has 0 radical (unpaired) electrons. The number of aryl methyl sites for hydroxylation is 1. The molecule has 0 atom stereocenters. The van der Waals surface area contributed by atoms with E-state index >= 15 is 0 Å². The van der Waals surface area contributed by atoms with Crippen molar-refractivity contribution in [1.29, 1.82) is 0 Å². The van der Waals surface area contributed by atoms with Crippen LogP contribution in [0.4, 0.5) is 4.79 Å². The van der Waals surface area contributed by atoms with Gasteiger partial charge in [0.2, 0.25) is 0 Å². The van der Waals surface area contributed by atoms with Crippen LogP contribution in [0.2, 0.25) is 0 Å². The maximum absolute atomic E-state index is 9.88. The van der Waals surface area contributed by atoms with Crippen molar-refractivity contribution in [2.24, 2.45) is 0 Å². The van der Waals surface area contributed by atoms with Crippen molar-refractivity contribution >= 4 is 6.16 Å².